The third kappa shape index (κ3) is 5.05. The summed E-state index contributed by atoms with van der Waals surface area (Å²) in [5.74, 6) is 2.70. The highest BCUT2D eigenvalue weighted by Crippen LogP contribution is 2.33. The monoisotopic (exact) mass is 420 g/mol. The van der Waals surface area contributed by atoms with Gasteiger partial charge in [0, 0.05) is 0 Å². The van der Waals surface area contributed by atoms with Crippen LogP contribution in [0.2, 0.25) is 0 Å². The zero-order valence-corrected chi connectivity index (χ0v) is 18.2. The quantitative estimate of drug-likeness (QED) is 0.634. The van der Waals surface area contributed by atoms with Crippen molar-refractivity contribution in [2.24, 2.45) is 5.92 Å². The molecule has 7 heteroatoms. The summed E-state index contributed by atoms with van der Waals surface area (Å²) in [6.45, 7) is 7.23. The van der Waals surface area contributed by atoms with E-state index < -0.39 is 0 Å². The van der Waals surface area contributed by atoms with Crippen molar-refractivity contribution in [3.8, 4) is 11.5 Å². The lowest BCUT2D eigenvalue weighted by Gasteiger charge is -2.24. The van der Waals surface area contributed by atoms with Crippen LogP contribution in [0.4, 0.5) is 0 Å². The van der Waals surface area contributed by atoms with Gasteiger partial charge in [0.2, 0.25) is 5.91 Å². The molecule has 162 valence electrons. The van der Waals surface area contributed by atoms with E-state index in [1.807, 2.05) is 57.2 Å². The molecule has 1 aliphatic heterocycles. The van der Waals surface area contributed by atoms with Crippen molar-refractivity contribution in [2.75, 3.05) is 13.2 Å². The Bertz CT molecular complexity index is 1050. The number of fused-ring (bicyclic) bond motifs is 1. The molecule has 0 saturated heterocycles. The van der Waals surface area contributed by atoms with Crippen molar-refractivity contribution in [3.63, 3.8) is 0 Å². The number of aromatic nitrogens is 3. The first-order chi connectivity index (χ1) is 15.0. The van der Waals surface area contributed by atoms with Crippen LogP contribution in [-0.2, 0) is 17.8 Å². The van der Waals surface area contributed by atoms with E-state index in [1.165, 1.54) is 0 Å². The van der Waals surface area contributed by atoms with Crippen molar-refractivity contribution in [2.45, 2.75) is 39.8 Å². The zero-order valence-electron chi connectivity index (χ0n) is 18.2. The van der Waals surface area contributed by atoms with Gasteiger partial charge in [0.15, 0.2) is 11.5 Å². The number of benzene rings is 2. The zero-order chi connectivity index (χ0) is 21.8. The minimum atomic E-state index is -0.254. The number of ether oxygens (including phenoxy) is 2. The highest BCUT2D eigenvalue weighted by molar-refractivity contribution is 5.78. The van der Waals surface area contributed by atoms with Gasteiger partial charge >= 0.3 is 0 Å². The van der Waals surface area contributed by atoms with Crippen LogP contribution in [0.1, 0.15) is 35.7 Å². The van der Waals surface area contributed by atoms with Gasteiger partial charge in [-0.25, -0.2) is 9.67 Å². The van der Waals surface area contributed by atoms with Crippen molar-refractivity contribution < 1.29 is 14.3 Å². The van der Waals surface area contributed by atoms with Crippen LogP contribution in [0.25, 0.3) is 0 Å². The Morgan fingerprint density at radius 3 is 2.55 bits per heavy atom. The lowest BCUT2D eigenvalue weighted by atomic mass is 9.97. The maximum Gasteiger partial charge on any atom is 0.225 e. The fourth-order valence-electron chi connectivity index (χ4n) is 3.77. The Hall–Kier alpha value is -3.35. The number of hydrogen-bond acceptors (Lipinski definition) is 5. The summed E-state index contributed by atoms with van der Waals surface area (Å²) in [6, 6.07) is 15.9. The summed E-state index contributed by atoms with van der Waals surface area (Å²) in [5, 5.41) is 7.62. The van der Waals surface area contributed by atoms with E-state index in [0.717, 1.165) is 28.5 Å². The molecule has 2 aromatic carbocycles. The van der Waals surface area contributed by atoms with Crippen molar-refractivity contribution in [1.82, 2.24) is 20.1 Å². The Labute approximate surface area is 182 Å². The highest BCUT2D eigenvalue weighted by atomic mass is 16.6. The standard InChI is InChI=1S/C24H28N4O3/c1-16(15-28-18(3)25-17(2)27-28)24(29)26-21(13-19-7-5-4-6-8-19)20-9-10-22-23(14-20)31-12-11-30-22/h4-10,14,16,21H,11-13,15H2,1-3H3,(H,26,29)/t16-,21-/m1/s1. The minimum Gasteiger partial charge on any atom is -0.486 e. The second-order valence-electron chi connectivity index (χ2n) is 7.94. The van der Waals surface area contributed by atoms with E-state index in [-0.39, 0.29) is 17.9 Å². The highest BCUT2D eigenvalue weighted by Gasteiger charge is 2.23. The molecule has 1 N–H and O–H groups in total. The van der Waals surface area contributed by atoms with Gasteiger partial charge in [-0.15, -0.1) is 0 Å². The number of nitrogens with one attached hydrogen (secondary N) is 1. The molecule has 0 spiro atoms. The fourth-order valence-corrected chi connectivity index (χ4v) is 3.77. The van der Waals surface area contributed by atoms with Crippen molar-refractivity contribution in [1.29, 1.82) is 0 Å². The molecule has 4 rings (SSSR count). The average Bonchev–Trinajstić information content (AvgIpc) is 3.10. The fraction of sp³-hybridized carbons (Fsp3) is 0.375. The lowest BCUT2D eigenvalue weighted by molar-refractivity contribution is -0.125. The van der Waals surface area contributed by atoms with Gasteiger partial charge in [0.1, 0.15) is 24.9 Å². The summed E-state index contributed by atoms with van der Waals surface area (Å²) in [6.07, 6.45) is 0.681. The summed E-state index contributed by atoms with van der Waals surface area (Å²) in [5.41, 5.74) is 2.14. The Balaban J connectivity index is 1.54. The average molecular weight is 421 g/mol. The summed E-state index contributed by atoms with van der Waals surface area (Å²) >= 11 is 0. The van der Waals surface area contributed by atoms with Crippen LogP contribution < -0.4 is 14.8 Å². The number of hydrogen-bond donors (Lipinski definition) is 1. The van der Waals surface area contributed by atoms with Crippen LogP contribution in [0.5, 0.6) is 11.5 Å². The van der Waals surface area contributed by atoms with Crippen LogP contribution in [0.3, 0.4) is 0 Å². The predicted octanol–water partition coefficient (Wildman–Crippen LogP) is 3.40. The Kier molecular flexibility index (Phi) is 6.21. The smallest absolute Gasteiger partial charge is 0.225 e. The second kappa shape index (κ2) is 9.20. The van der Waals surface area contributed by atoms with Gasteiger partial charge in [0.25, 0.3) is 0 Å². The third-order valence-corrected chi connectivity index (χ3v) is 5.42. The molecule has 2 heterocycles. The Morgan fingerprint density at radius 2 is 1.84 bits per heavy atom. The van der Waals surface area contributed by atoms with Crippen LogP contribution in [-0.4, -0.2) is 33.9 Å². The molecule has 0 unspecified atom stereocenters. The van der Waals surface area contributed by atoms with E-state index >= 15 is 0 Å². The third-order valence-electron chi connectivity index (χ3n) is 5.42. The van der Waals surface area contributed by atoms with Crippen LogP contribution >= 0.6 is 0 Å². The van der Waals surface area contributed by atoms with E-state index in [1.54, 1.807) is 4.68 Å². The first-order valence-corrected chi connectivity index (χ1v) is 10.6. The first kappa shape index (κ1) is 20.9. The number of aryl methyl sites for hydroxylation is 2. The van der Waals surface area contributed by atoms with Gasteiger partial charge in [-0.2, -0.15) is 5.10 Å². The molecule has 0 saturated carbocycles. The summed E-state index contributed by atoms with van der Waals surface area (Å²) in [7, 11) is 0. The molecular weight excluding hydrogens is 392 g/mol. The molecule has 1 aliphatic rings. The van der Waals surface area contributed by atoms with Crippen molar-refractivity contribution in [3.05, 3.63) is 71.3 Å². The maximum atomic E-state index is 13.1. The minimum absolute atomic E-state index is 0.0247. The molecule has 0 radical (unpaired) electrons. The second-order valence-corrected chi connectivity index (χ2v) is 7.94. The molecule has 1 aromatic heterocycles. The maximum absolute atomic E-state index is 13.1. The molecule has 3 aromatic rings. The Morgan fingerprint density at radius 1 is 1.10 bits per heavy atom. The molecule has 0 aliphatic carbocycles. The number of carbonyl (C=O) groups is 1. The lowest BCUT2D eigenvalue weighted by Crippen LogP contribution is -2.36. The van der Waals surface area contributed by atoms with Gasteiger partial charge < -0.3 is 14.8 Å². The summed E-state index contributed by atoms with van der Waals surface area (Å²) < 4.78 is 13.2. The van der Waals surface area contributed by atoms with Gasteiger partial charge in [-0.3, -0.25) is 4.79 Å². The van der Waals surface area contributed by atoms with Crippen molar-refractivity contribution >= 4 is 5.91 Å². The molecule has 2 atom stereocenters. The SMILES string of the molecule is Cc1nc(C)n(C[C@@H](C)C(=O)N[C@H](Cc2ccccc2)c2ccc3c(c2)OCCO3)n1. The molecule has 31 heavy (non-hydrogen) atoms. The van der Waals surface area contributed by atoms with Gasteiger partial charge in [-0.05, 0) is 43.5 Å². The molecule has 0 fully saturated rings. The van der Waals surface area contributed by atoms with E-state index in [2.05, 4.69) is 27.5 Å². The van der Waals surface area contributed by atoms with E-state index in [4.69, 9.17) is 9.47 Å². The number of rotatable bonds is 7. The first-order valence-electron chi connectivity index (χ1n) is 10.6. The number of nitrogens with zero attached hydrogens (tertiary/aromatic N) is 3. The topological polar surface area (TPSA) is 78.3 Å². The predicted molar refractivity (Wildman–Crippen MR) is 117 cm³/mol. The van der Waals surface area contributed by atoms with E-state index in [9.17, 15) is 4.79 Å². The summed E-state index contributed by atoms with van der Waals surface area (Å²) in [4.78, 5) is 17.4. The van der Waals surface area contributed by atoms with Crippen LogP contribution in [0.15, 0.2) is 48.5 Å². The number of amides is 1. The number of carbonyl (C=O) groups excluding carboxylic acids is 1. The largest absolute Gasteiger partial charge is 0.486 e. The van der Waals surface area contributed by atoms with Gasteiger partial charge in [-0.1, -0.05) is 43.3 Å². The molecule has 0 bridgehead atoms. The van der Waals surface area contributed by atoms with Crippen LogP contribution in [0, 0.1) is 19.8 Å². The molecule has 1 amide bonds. The normalized spacial score (nSPS) is 14.7. The van der Waals surface area contributed by atoms with Gasteiger partial charge in [0.05, 0.1) is 18.5 Å². The molecular formula is C24H28N4O3. The van der Waals surface area contributed by atoms with E-state index in [0.29, 0.717) is 32.0 Å². The molecule has 7 nitrogen and oxygen atoms in total.